The van der Waals surface area contributed by atoms with Crippen molar-refractivity contribution in [3.8, 4) is 0 Å². The van der Waals surface area contributed by atoms with Crippen molar-refractivity contribution in [2.45, 2.75) is 42.2 Å². The molecule has 3 rings (SSSR count). The minimum Gasteiger partial charge on any atom is -0.377 e. The molecule has 5 heteroatoms. The maximum Gasteiger partial charge on any atom is 0.191 e. The Morgan fingerprint density at radius 1 is 1.24 bits per heavy atom. The largest absolute Gasteiger partial charge is 0.377 e. The van der Waals surface area contributed by atoms with Crippen LogP contribution in [0.3, 0.4) is 0 Å². The van der Waals surface area contributed by atoms with Crippen molar-refractivity contribution in [2.24, 2.45) is 4.99 Å². The van der Waals surface area contributed by atoms with Crippen molar-refractivity contribution < 1.29 is 4.74 Å². The first kappa shape index (κ1) is 18.3. The standard InChI is InChI=1S/C20H29N3OS/c1-2-21-19(22-13-8-17-9-14-24-15-10-17)23-16-20(11-12-20)25-18-6-4-3-5-7-18/h3-7,9H,2,8,10-16H2,1H3,(H2,21,22,23). The quantitative estimate of drug-likeness (QED) is 0.423. The molecule has 0 unspecified atom stereocenters. The summed E-state index contributed by atoms with van der Waals surface area (Å²) in [7, 11) is 0. The molecule has 0 radical (unpaired) electrons. The SMILES string of the molecule is CCNC(=NCC1(Sc2ccccc2)CC1)NCCC1=CCOCC1. The zero-order valence-corrected chi connectivity index (χ0v) is 15.9. The van der Waals surface area contributed by atoms with Gasteiger partial charge in [0.1, 0.15) is 0 Å². The molecule has 1 aliphatic carbocycles. The third kappa shape index (κ3) is 6.08. The van der Waals surface area contributed by atoms with E-state index in [2.05, 4.69) is 54.0 Å². The molecule has 0 spiro atoms. The summed E-state index contributed by atoms with van der Waals surface area (Å²) < 4.78 is 5.66. The van der Waals surface area contributed by atoms with Gasteiger partial charge in [-0.1, -0.05) is 29.8 Å². The molecule has 1 heterocycles. The van der Waals surface area contributed by atoms with Crippen LogP contribution in [0.2, 0.25) is 0 Å². The van der Waals surface area contributed by atoms with Crippen molar-refractivity contribution in [2.75, 3.05) is 32.8 Å². The van der Waals surface area contributed by atoms with Crippen LogP contribution >= 0.6 is 11.8 Å². The van der Waals surface area contributed by atoms with Gasteiger partial charge >= 0.3 is 0 Å². The van der Waals surface area contributed by atoms with Crippen LogP contribution in [0, 0.1) is 0 Å². The third-order valence-electron chi connectivity index (χ3n) is 4.55. The summed E-state index contributed by atoms with van der Waals surface area (Å²) in [6.45, 7) is 6.43. The zero-order chi connectivity index (χ0) is 17.4. The highest BCUT2D eigenvalue weighted by molar-refractivity contribution is 8.01. The molecule has 0 saturated heterocycles. The van der Waals surface area contributed by atoms with Crippen molar-refractivity contribution >= 4 is 17.7 Å². The molecule has 136 valence electrons. The molecule has 0 amide bonds. The Bertz CT molecular complexity index is 596. The first-order chi connectivity index (χ1) is 12.3. The smallest absolute Gasteiger partial charge is 0.191 e. The van der Waals surface area contributed by atoms with E-state index in [4.69, 9.17) is 9.73 Å². The molecule has 0 bridgehead atoms. The first-order valence-corrected chi connectivity index (χ1v) is 10.1. The van der Waals surface area contributed by atoms with Gasteiger partial charge in [0.2, 0.25) is 0 Å². The second-order valence-electron chi connectivity index (χ2n) is 6.66. The van der Waals surface area contributed by atoms with E-state index in [-0.39, 0.29) is 0 Å². The highest BCUT2D eigenvalue weighted by atomic mass is 32.2. The van der Waals surface area contributed by atoms with Gasteiger partial charge in [0.15, 0.2) is 5.96 Å². The van der Waals surface area contributed by atoms with Gasteiger partial charge in [-0.3, -0.25) is 4.99 Å². The second kappa shape index (κ2) is 9.30. The molecule has 2 N–H and O–H groups in total. The monoisotopic (exact) mass is 359 g/mol. The van der Waals surface area contributed by atoms with Crippen LogP contribution in [0.1, 0.15) is 32.6 Å². The third-order valence-corrected chi connectivity index (χ3v) is 6.03. The lowest BCUT2D eigenvalue weighted by Crippen LogP contribution is -2.38. The molecule has 1 saturated carbocycles. The maximum atomic E-state index is 5.36. The fraction of sp³-hybridized carbons (Fsp3) is 0.550. The number of rotatable bonds is 8. The van der Waals surface area contributed by atoms with Gasteiger partial charge in [-0.25, -0.2) is 0 Å². The Labute approximate surface area is 155 Å². The molecule has 4 nitrogen and oxygen atoms in total. The Balaban J connectivity index is 1.48. The van der Waals surface area contributed by atoms with Gasteiger partial charge in [-0.2, -0.15) is 0 Å². The van der Waals surface area contributed by atoms with Crippen LogP contribution in [-0.2, 0) is 4.74 Å². The van der Waals surface area contributed by atoms with E-state index in [1.165, 1.54) is 23.3 Å². The topological polar surface area (TPSA) is 45.7 Å². The lowest BCUT2D eigenvalue weighted by molar-refractivity contribution is 0.153. The fourth-order valence-electron chi connectivity index (χ4n) is 2.87. The molecule has 0 aromatic heterocycles. The fourth-order valence-corrected chi connectivity index (χ4v) is 4.10. The summed E-state index contributed by atoms with van der Waals surface area (Å²) in [6, 6.07) is 10.7. The van der Waals surface area contributed by atoms with Crippen LogP contribution in [0.15, 0.2) is 51.9 Å². The van der Waals surface area contributed by atoms with Gasteiger partial charge in [0.05, 0.1) is 19.8 Å². The highest BCUT2D eigenvalue weighted by Gasteiger charge is 2.43. The van der Waals surface area contributed by atoms with Crippen molar-refractivity contribution in [1.82, 2.24) is 10.6 Å². The Morgan fingerprint density at radius 2 is 2.08 bits per heavy atom. The first-order valence-electron chi connectivity index (χ1n) is 9.32. The second-order valence-corrected chi connectivity index (χ2v) is 8.20. The van der Waals surface area contributed by atoms with Crippen molar-refractivity contribution in [3.05, 3.63) is 42.0 Å². The van der Waals surface area contributed by atoms with E-state index in [0.29, 0.717) is 4.75 Å². The van der Waals surface area contributed by atoms with Crippen LogP contribution in [0.25, 0.3) is 0 Å². The van der Waals surface area contributed by atoms with Crippen molar-refractivity contribution in [3.63, 3.8) is 0 Å². The van der Waals surface area contributed by atoms with Crippen LogP contribution < -0.4 is 10.6 Å². The summed E-state index contributed by atoms with van der Waals surface area (Å²) in [5.41, 5.74) is 1.49. The summed E-state index contributed by atoms with van der Waals surface area (Å²) in [4.78, 5) is 6.20. The average Bonchev–Trinajstić information content (AvgIpc) is 3.41. The average molecular weight is 360 g/mol. The molecule has 1 aromatic rings. The zero-order valence-electron chi connectivity index (χ0n) is 15.1. The molecule has 1 aromatic carbocycles. The Kier molecular flexibility index (Phi) is 6.82. The van der Waals surface area contributed by atoms with E-state index in [9.17, 15) is 0 Å². The number of ether oxygens (including phenoxy) is 1. The Morgan fingerprint density at radius 3 is 2.76 bits per heavy atom. The number of nitrogens with zero attached hydrogens (tertiary/aromatic N) is 1. The minimum absolute atomic E-state index is 0.299. The molecular weight excluding hydrogens is 330 g/mol. The van der Waals surface area contributed by atoms with Gasteiger partial charge in [-0.05, 0) is 44.7 Å². The molecule has 1 aliphatic heterocycles. The van der Waals surface area contributed by atoms with Crippen molar-refractivity contribution in [1.29, 1.82) is 0 Å². The molecular formula is C20H29N3OS. The number of aliphatic imine (C=N–C) groups is 1. The van der Waals surface area contributed by atoms with E-state index in [1.54, 1.807) is 0 Å². The van der Waals surface area contributed by atoms with Crippen LogP contribution in [0.4, 0.5) is 0 Å². The number of hydrogen-bond donors (Lipinski definition) is 2. The lowest BCUT2D eigenvalue weighted by atomic mass is 10.1. The predicted molar refractivity (Wildman–Crippen MR) is 106 cm³/mol. The normalized spacial score (nSPS) is 19.2. The van der Waals surface area contributed by atoms with Crippen LogP contribution in [-0.4, -0.2) is 43.6 Å². The lowest BCUT2D eigenvalue weighted by Gasteiger charge is -2.17. The van der Waals surface area contributed by atoms with Gasteiger partial charge in [0, 0.05) is 22.7 Å². The minimum atomic E-state index is 0.299. The number of hydrogen-bond acceptors (Lipinski definition) is 3. The van der Waals surface area contributed by atoms with E-state index in [0.717, 1.165) is 51.6 Å². The van der Waals surface area contributed by atoms with E-state index in [1.807, 2.05) is 11.8 Å². The van der Waals surface area contributed by atoms with Gasteiger partial charge in [0.25, 0.3) is 0 Å². The number of thioether (sulfide) groups is 1. The Hall–Kier alpha value is -1.46. The molecule has 1 fully saturated rings. The molecule has 25 heavy (non-hydrogen) atoms. The molecule has 0 atom stereocenters. The summed E-state index contributed by atoms with van der Waals surface area (Å²) in [5, 5.41) is 6.85. The number of guanidine groups is 1. The summed E-state index contributed by atoms with van der Waals surface area (Å²) in [5.74, 6) is 0.940. The van der Waals surface area contributed by atoms with Crippen LogP contribution in [0.5, 0.6) is 0 Å². The predicted octanol–water partition coefficient (Wildman–Crippen LogP) is 3.60. The number of benzene rings is 1. The van der Waals surface area contributed by atoms with Gasteiger partial charge in [-0.15, -0.1) is 11.8 Å². The van der Waals surface area contributed by atoms with E-state index < -0.39 is 0 Å². The van der Waals surface area contributed by atoms with E-state index >= 15 is 0 Å². The van der Waals surface area contributed by atoms with Gasteiger partial charge < -0.3 is 15.4 Å². The maximum absolute atomic E-state index is 5.36. The highest BCUT2D eigenvalue weighted by Crippen LogP contribution is 2.51. The summed E-state index contributed by atoms with van der Waals surface area (Å²) in [6.07, 6.45) is 6.85. The molecule has 2 aliphatic rings. The summed E-state index contributed by atoms with van der Waals surface area (Å²) >= 11 is 1.98. The number of nitrogens with one attached hydrogen (secondary N) is 2.